The molecule has 1 fully saturated rings. The van der Waals surface area contributed by atoms with Crippen LogP contribution < -0.4 is 10.6 Å². The average Bonchev–Trinajstić information content (AvgIpc) is 2.46. The summed E-state index contributed by atoms with van der Waals surface area (Å²) in [6, 6.07) is 10.1. The SMILES string of the molecule is C[C@@H](CNC(=O)CN1CCNC(=O)C1)c1ccccc1. The molecule has 1 saturated heterocycles. The number of piperazine rings is 1. The van der Waals surface area contributed by atoms with Crippen LogP contribution in [0.4, 0.5) is 0 Å². The zero-order valence-electron chi connectivity index (χ0n) is 11.8. The molecule has 108 valence electrons. The van der Waals surface area contributed by atoms with Crippen molar-refractivity contribution in [1.29, 1.82) is 0 Å². The zero-order chi connectivity index (χ0) is 14.4. The molecule has 0 aromatic heterocycles. The third-order valence-electron chi connectivity index (χ3n) is 3.46. The molecule has 1 atom stereocenters. The molecule has 20 heavy (non-hydrogen) atoms. The van der Waals surface area contributed by atoms with Gasteiger partial charge in [-0.05, 0) is 11.5 Å². The van der Waals surface area contributed by atoms with Gasteiger partial charge in [-0.3, -0.25) is 14.5 Å². The number of rotatable bonds is 5. The number of carbonyl (C=O) groups is 2. The quantitative estimate of drug-likeness (QED) is 0.814. The van der Waals surface area contributed by atoms with E-state index in [1.165, 1.54) is 5.56 Å². The molecule has 0 spiro atoms. The summed E-state index contributed by atoms with van der Waals surface area (Å²) in [5.74, 6) is 0.244. The molecule has 0 bridgehead atoms. The van der Waals surface area contributed by atoms with Crippen molar-refractivity contribution in [2.24, 2.45) is 0 Å². The van der Waals surface area contributed by atoms with E-state index in [-0.39, 0.29) is 24.3 Å². The molecule has 1 aliphatic heterocycles. The molecule has 2 amide bonds. The molecule has 0 saturated carbocycles. The highest BCUT2D eigenvalue weighted by Crippen LogP contribution is 2.12. The van der Waals surface area contributed by atoms with Crippen LogP contribution in [0.3, 0.4) is 0 Å². The van der Waals surface area contributed by atoms with Crippen molar-refractivity contribution in [3.8, 4) is 0 Å². The highest BCUT2D eigenvalue weighted by molar-refractivity contribution is 5.81. The lowest BCUT2D eigenvalue weighted by Gasteiger charge is -2.26. The summed E-state index contributed by atoms with van der Waals surface area (Å²) in [4.78, 5) is 25.0. The zero-order valence-corrected chi connectivity index (χ0v) is 11.8. The van der Waals surface area contributed by atoms with Gasteiger partial charge in [-0.25, -0.2) is 0 Å². The maximum absolute atomic E-state index is 11.9. The minimum Gasteiger partial charge on any atom is -0.354 e. The Hall–Kier alpha value is -1.88. The topological polar surface area (TPSA) is 61.4 Å². The van der Waals surface area contributed by atoms with Gasteiger partial charge in [-0.15, -0.1) is 0 Å². The van der Waals surface area contributed by atoms with Crippen LogP contribution in [-0.4, -0.2) is 49.4 Å². The van der Waals surface area contributed by atoms with Crippen molar-refractivity contribution in [3.05, 3.63) is 35.9 Å². The first-order chi connectivity index (χ1) is 9.65. The normalized spacial score (nSPS) is 17.4. The maximum atomic E-state index is 11.9. The second-order valence-corrected chi connectivity index (χ2v) is 5.18. The number of hydrogen-bond acceptors (Lipinski definition) is 3. The second-order valence-electron chi connectivity index (χ2n) is 5.18. The number of carbonyl (C=O) groups excluding carboxylic acids is 2. The maximum Gasteiger partial charge on any atom is 0.234 e. The average molecular weight is 275 g/mol. The van der Waals surface area contributed by atoms with E-state index in [9.17, 15) is 9.59 Å². The molecule has 2 N–H and O–H groups in total. The summed E-state index contributed by atoms with van der Waals surface area (Å²) in [7, 11) is 0. The van der Waals surface area contributed by atoms with Crippen molar-refractivity contribution < 1.29 is 9.59 Å². The van der Waals surface area contributed by atoms with E-state index in [0.717, 1.165) is 6.54 Å². The number of nitrogens with one attached hydrogen (secondary N) is 2. The lowest BCUT2D eigenvalue weighted by atomic mass is 10.0. The van der Waals surface area contributed by atoms with Gasteiger partial charge in [0.25, 0.3) is 0 Å². The molecule has 0 aliphatic carbocycles. The molecule has 2 rings (SSSR count). The van der Waals surface area contributed by atoms with Gasteiger partial charge in [0, 0.05) is 19.6 Å². The van der Waals surface area contributed by atoms with Gasteiger partial charge in [-0.1, -0.05) is 37.3 Å². The molecule has 0 unspecified atom stereocenters. The first-order valence-electron chi connectivity index (χ1n) is 6.96. The van der Waals surface area contributed by atoms with Crippen LogP contribution in [0.25, 0.3) is 0 Å². The minimum atomic E-state index is -0.0255. The van der Waals surface area contributed by atoms with Gasteiger partial charge in [0.2, 0.25) is 11.8 Å². The minimum absolute atomic E-state index is 0.0123. The standard InChI is InChI=1S/C15H21N3O2/c1-12(13-5-3-2-4-6-13)9-17-15(20)11-18-8-7-16-14(19)10-18/h2-6,12H,7-11H2,1H3,(H,16,19)(H,17,20)/t12-/m0/s1. The fourth-order valence-corrected chi connectivity index (χ4v) is 2.25. The van der Waals surface area contributed by atoms with Crippen LogP contribution in [0.5, 0.6) is 0 Å². The van der Waals surface area contributed by atoms with Crippen LogP contribution in [-0.2, 0) is 9.59 Å². The van der Waals surface area contributed by atoms with E-state index >= 15 is 0 Å². The lowest BCUT2D eigenvalue weighted by Crippen LogP contribution is -2.50. The third-order valence-corrected chi connectivity index (χ3v) is 3.46. The number of hydrogen-bond donors (Lipinski definition) is 2. The van der Waals surface area contributed by atoms with Gasteiger partial charge >= 0.3 is 0 Å². The van der Waals surface area contributed by atoms with Gasteiger partial charge in [0.15, 0.2) is 0 Å². The van der Waals surface area contributed by atoms with Gasteiger partial charge in [0.1, 0.15) is 0 Å². The Balaban J connectivity index is 1.73. The van der Waals surface area contributed by atoms with Crippen molar-refractivity contribution >= 4 is 11.8 Å². The second kappa shape index (κ2) is 7.05. The molecule has 1 aromatic rings. The van der Waals surface area contributed by atoms with E-state index in [1.54, 1.807) is 0 Å². The van der Waals surface area contributed by atoms with E-state index in [4.69, 9.17) is 0 Å². The lowest BCUT2D eigenvalue weighted by molar-refractivity contribution is -0.126. The molecule has 5 nitrogen and oxygen atoms in total. The summed E-state index contributed by atoms with van der Waals surface area (Å²) in [6.45, 7) is 4.64. The monoisotopic (exact) mass is 275 g/mol. The van der Waals surface area contributed by atoms with Crippen LogP contribution in [0, 0.1) is 0 Å². The molecular formula is C15H21N3O2. The van der Waals surface area contributed by atoms with Gasteiger partial charge < -0.3 is 10.6 Å². The predicted octanol–water partition coefficient (Wildman–Crippen LogP) is 0.338. The molecule has 5 heteroatoms. The molecule has 1 aromatic carbocycles. The summed E-state index contributed by atoms with van der Waals surface area (Å²) in [6.07, 6.45) is 0. The van der Waals surface area contributed by atoms with Gasteiger partial charge in [-0.2, -0.15) is 0 Å². The molecule has 0 radical (unpaired) electrons. The van der Waals surface area contributed by atoms with Crippen molar-refractivity contribution in [2.45, 2.75) is 12.8 Å². The van der Waals surface area contributed by atoms with E-state index in [0.29, 0.717) is 19.6 Å². The highest BCUT2D eigenvalue weighted by Gasteiger charge is 2.18. The number of benzene rings is 1. The van der Waals surface area contributed by atoms with Gasteiger partial charge in [0.05, 0.1) is 13.1 Å². The van der Waals surface area contributed by atoms with Crippen molar-refractivity contribution in [3.63, 3.8) is 0 Å². The van der Waals surface area contributed by atoms with E-state index in [1.807, 2.05) is 23.1 Å². The largest absolute Gasteiger partial charge is 0.354 e. The Morgan fingerprint density at radius 1 is 1.40 bits per heavy atom. The number of nitrogens with zero attached hydrogens (tertiary/aromatic N) is 1. The fourth-order valence-electron chi connectivity index (χ4n) is 2.25. The van der Waals surface area contributed by atoms with Crippen molar-refractivity contribution in [1.82, 2.24) is 15.5 Å². The molecule has 1 aliphatic rings. The Morgan fingerprint density at radius 2 is 2.15 bits per heavy atom. The predicted molar refractivity (Wildman–Crippen MR) is 77.3 cm³/mol. The summed E-state index contributed by atoms with van der Waals surface area (Å²) in [5, 5.41) is 5.68. The third kappa shape index (κ3) is 4.35. The smallest absolute Gasteiger partial charge is 0.234 e. The van der Waals surface area contributed by atoms with Crippen LogP contribution >= 0.6 is 0 Å². The Kier molecular flexibility index (Phi) is 5.12. The summed E-state index contributed by atoms with van der Waals surface area (Å²) >= 11 is 0. The Bertz CT molecular complexity index is 461. The van der Waals surface area contributed by atoms with E-state index in [2.05, 4.69) is 29.7 Å². The van der Waals surface area contributed by atoms with Crippen molar-refractivity contribution in [2.75, 3.05) is 32.7 Å². The molecular weight excluding hydrogens is 254 g/mol. The summed E-state index contributed by atoms with van der Waals surface area (Å²) in [5.41, 5.74) is 1.21. The first kappa shape index (κ1) is 14.5. The van der Waals surface area contributed by atoms with Crippen LogP contribution in [0.15, 0.2) is 30.3 Å². The van der Waals surface area contributed by atoms with Crippen LogP contribution in [0.2, 0.25) is 0 Å². The Labute approximate surface area is 119 Å². The fraction of sp³-hybridized carbons (Fsp3) is 0.467. The van der Waals surface area contributed by atoms with Crippen LogP contribution in [0.1, 0.15) is 18.4 Å². The summed E-state index contributed by atoms with van der Waals surface area (Å²) < 4.78 is 0. The number of amides is 2. The Morgan fingerprint density at radius 3 is 2.85 bits per heavy atom. The molecule has 1 heterocycles. The first-order valence-corrected chi connectivity index (χ1v) is 6.96. The highest BCUT2D eigenvalue weighted by atomic mass is 16.2. The van der Waals surface area contributed by atoms with E-state index < -0.39 is 0 Å².